The van der Waals surface area contributed by atoms with Gasteiger partial charge < -0.3 is 5.11 Å². The maximum Gasteiger partial charge on any atom is 0.290 e. The number of carboxylic acid groups (broad SMARTS) is 1. The molecule has 0 fully saturated rings. The number of carbonyl (C=O) groups is 1. The molecule has 0 amide bonds. The molecule has 0 unspecified atom stereocenters. The van der Waals surface area contributed by atoms with Gasteiger partial charge in [-0.15, -0.1) is 0 Å². The van der Waals surface area contributed by atoms with Gasteiger partial charge in [0.25, 0.3) is 6.47 Å². The van der Waals surface area contributed by atoms with Gasteiger partial charge in [-0.3, -0.25) is 4.79 Å². The van der Waals surface area contributed by atoms with Crippen LogP contribution in [-0.2, 0) is 4.79 Å². The van der Waals surface area contributed by atoms with Crippen molar-refractivity contribution in [1.82, 2.24) is 0 Å². The summed E-state index contributed by atoms with van der Waals surface area (Å²) in [5, 5.41) is 6.89. The smallest absolute Gasteiger partial charge is 0.290 e. The van der Waals surface area contributed by atoms with E-state index >= 15 is 0 Å². The third-order valence-corrected chi connectivity index (χ3v) is 0.667. The number of hydrogen-bond acceptors (Lipinski definition) is 1. The zero-order chi connectivity index (χ0) is 6.95. The van der Waals surface area contributed by atoms with Crippen molar-refractivity contribution in [3.8, 4) is 0 Å². The maximum atomic E-state index is 8.36. The molecule has 1 aromatic rings. The van der Waals surface area contributed by atoms with Gasteiger partial charge in [-0.1, -0.05) is 36.4 Å². The summed E-state index contributed by atoms with van der Waals surface area (Å²) in [7, 11) is 0. The van der Waals surface area contributed by atoms with Crippen LogP contribution in [0.5, 0.6) is 0 Å². The molecule has 0 aliphatic heterocycles. The Bertz CT molecular complexity index is 115. The van der Waals surface area contributed by atoms with Crippen LogP contribution in [0.15, 0.2) is 36.4 Å². The number of hydrogen-bond donors (Lipinski definition) is 1. The average molecular weight is 147 g/mol. The Labute approximate surface area is 82.2 Å². The summed E-state index contributed by atoms with van der Waals surface area (Å²) >= 11 is 0. The zero-order valence-corrected chi connectivity index (χ0v) is 7.90. The molecule has 0 saturated carbocycles. The van der Waals surface area contributed by atoms with E-state index in [2.05, 4.69) is 0 Å². The summed E-state index contributed by atoms with van der Waals surface area (Å²) in [6.07, 6.45) is 0. The van der Waals surface area contributed by atoms with E-state index in [9.17, 15) is 0 Å². The third-order valence-electron chi connectivity index (χ3n) is 0.667. The van der Waals surface area contributed by atoms with Gasteiger partial charge in [-0.05, 0) is 0 Å². The maximum absolute atomic E-state index is 8.36. The summed E-state index contributed by atoms with van der Waals surface area (Å²) in [6, 6.07) is 12.0. The Morgan fingerprint density at radius 3 is 1.10 bits per heavy atom. The van der Waals surface area contributed by atoms with Crippen molar-refractivity contribution in [3.63, 3.8) is 0 Å². The van der Waals surface area contributed by atoms with Crippen LogP contribution in [0.1, 0.15) is 0 Å². The van der Waals surface area contributed by atoms with Crippen molar-refractivity contribution in [2.45, 2.75) is 0 Å². The standard InChI is InChI=1S/C6H6.CH2O2.Na/c1-2-4-6-5-3-1;2-1-3;/h1-6H;1H,(H,2,3);. The van der Waals surface area contributed by atoms with Crippen molar-refractivity contribution in [3.05, 3.63) is 36.4 Å². The van der Waals surface area contributed by atoms with Gasteiger partial charge in [0.15, 0.2) is 0 Å². The molecule has 0 heterocycles. The summed E-state index contributed by atoms with van der Waals surface area (Å²) in [5.41, 5.74) is 0. The normalized spacial score (nSPS) is 6.00. The molecule has 0 bridgehead atoms. The van der Waals surface area contributed by atoms with Gasteiger partial charge in [0, 0.05) is 29.6 Å². The summed E-state index contributed by atoms with van der Waals surface area (Å²) < 4.78 is 0. The first-order chi connectivity index (χ1) is 4.41. The molecule has 0 aromatic heterocycles. The molecule has 0 saturated heterocycles. The molecule has 2 nitrogen and oxygen atoms in total. The van der Waals surface area contributed by atoms with Gasteiger partial charge in [0.2, 0.25) is 0 Å². The molecule has 1 radical (unpaired) electrons. The quantitative estimate of drug-likeness (QED) is 0.439. The van der Waals surface area contributed by atoms with Gasteiger partial charge in [0.05, 0.1) is 0 Å². The van der Waals surface area contributed by atoms with E-state index in [1.165, 1.54) is 0 Å². The van der Waals surface area contributed by atoms with E-state index in [4.69, 9.17) is 9.90 Å². The van der Waals surface area contributed by atoms with Gasteiger partial charge in [-0.25, -0.2) is 0 Å². The first-order valence-corrected chi connectivity index (χ1v) is 2.49. The Morgan fingerprint density at radius 1 is 0.900 bits per heavy atom. The fourth-order valence-electron chi connectivity index (χ4n) is 0.385. The molecule has 49 valence electrons. The molecule has 0 aliphatic carbocycles. The molecule has 10 heavy (non-hydrogen) atoms. The van der Waals surface area contributed by atoms with Crippen LogP contribution in [-0.4, -0.2) is 41.1 Å². The van der Waals surface area contributed by atoms with E-state index in [0.29, 0.717) is 0 Å². The number of rotatable bonds is 0. The predicted octanol–water partition coefficient (Wildman–Crippen LogP) is 1.01. The van der Waals surface area contributed by atoms with Crippen LogP contribution < -0.4 is 0 Å². The summed E-state index contributed by atoms with van der Waals surface area (Å²) in [6.45, 7) is -0.250. The van der Waals surface area contributed by atoms with E-state index in [1.54, 1.807) is 0 Å². The Morgan fingerprint density at radius 2 is 1.00 bits per heavy atom. The third kappa shape index (κ3) is 10.6. The van der Waals surface area contributed by atoms with Crippen LogP contribution in [0, 0.1) is 0 Å². The van der Waals surface area contributed by atoms with Gasteiger partial charge >= 0.3 is 0 Å². The molecular weight excluding hydrogens is 139 g/mol. The molecular formula is C7H8NaO2. The molecule has 3 heteroatoms. The minimum atomic E-state index is -0.250. The van der Waals surface area contributed by atoms with Crippen LogP contribution in [0.25, 0.3) is 0 Å². The monoisotopic (exact) mass is 147 g/mol. The first kappa shape index (κ1) is 12.4. The first-order valence-electron chi connectivity index (χ1n) is 2.49. The number of benzene rings is 1. The summed E-state index contributed by atoms with van der Waals surface area (Å²) in [4.78, 5) is 8.36. The molecule has 1 rings (SSSR count). The molecule has 1 N–H and O–H groups in total. The van der Waals surface area contributed by atoms with Crippen LogP contribution >= 0.6 is 0 Å². The zero-order valence-electron chi connectivity index (χ0n) is 5.90. The van der Waals surface area contributed by atoms with Crippen molar-refractivity contribution in [2.24, 2.45) is 0 Å². The van der Waals surface area contributed by atoms with Crippen molar-refractivity contribution >= 4 is 36.0 Å². The fourth-order valence-corrected chi connectivity index (χ4v) is 0.385. The minimum absolute atomic E-state index is 0. The molecule has 1 aromatic carbocycles. The van der Waals surface area contributed by atoms with Crippen LogP contribution in [0.4, 0.5) is 0 Å². The van der Waals surface area contributed by atoms with E-state index < -0.39 is 0 Å². The van der Waals surface area contributed by atoms with Gasteiger partial charge in [0.1, 0.15) is 0 Å². The van der Waals surface area contributed by atoms with Crippen LogP contribution in [0.3, 0.4) is 0 Å². The van der Waals surface area contributed by atoms with Crippen molar-refractivity contribution in [2.75, 3.05) is 0 Å². The van der Waals surface area contributed by atoms with Gasteiger partial charge in [-0.2, -0.15) is 0 Å². The van der Waals surface area contributed by atoms with Crippen LogP contribution in [0.2, 0.25) is 0 Å². The second-order valence-electron chi connectivity index (χ2n) is 1.26. The van der Waals surface area contributed by atoms with Crippen molar-refractivity contribution < 1.29 is 9.90 Å². The van der Waals surface area contributed by atoms with E-state index in [1.807, 2.05) is 36.4 Å². The summed E-state index contributed by atoms with van der Waals surface area (Å²) in [5.74, 6) is 0. The SMILES string of the molecule is O=CO.[Na].c1ccccc1. The Kier molecular flexibility index (Phi) is 14.2. The second-order valence-corrected chi connectivity index (χ2v) is 1.26. The van der Waals surface area contributed by atoms with E-state index in [-0.39, 0.29) is 36.0 Å². The molecule has 0 aliphatic rings. The minimum Gasteiger partial charge on any atom is -0.483 e. The topological polar surface area (TPSA) is 37.3 Å². The largest absolute Gasteiger partial charge is 0.483 e. The van der Waals surface area contributed by atoms with Crippen molar-refractivity contribution in [1.29, 1.82) is 0 Å². The molecule has 0 atom stereocenters. The molecule has 0 spiro atoms. The fraction of sp³-hybridized carbons (Fsp3) is 0. The van der Waals surface area contributed by atoms with E-state index in [0.717, 1.165) is 0 Å². The Balaban J connectivity index is 0. The second kappa shape index (κ2) is 11.5. The average Bonchev–Trinajstić information content (AvgIpc) is 1.93. The Hall–Kier alpha value is -0.310. The predicted molar refractivity (Wildman–Crippen MR) is 40.9 cm³/mol.